The second-order valence-corrected chi connectivity index (χ2v) is 2.19. The van der Waals surface area contributed by atoms with E-state index in [9.17, 15) is 4.79 Å². The van der Waals surface area contributed by atoms with Crippen molar-refractivity contribution in [3.8, 4) is 0 Å². The molecule has 0 aliphatic carbocycles. The number of pyridine rings is 1. The molecule has 1 aliphatic heterocycles. The first-order valence-electron chi connectivity index (χ1n) is 3.13. The van der Waals surface area contributed by atoms with Crippen molar-refractivity contribution in [1.82, 2.24) is 4.98 Å². The van der Waals surface area contributed by atoms with Gasteiger partial charge in [-0.05, 0) is 12.1 Å². The van der Waals surface area contributed by atoms with Crippen molar-refractivity contribution >= 4 is 5.97 Å². The van der Waals surface area contributed by atoms with Gasteiger partial charge in [-0.15, -0.1) is 0 Å². The van der Waals surface area contributed by atoms with Gasteiger partial charge in [0.05, 0.1) is 5.56 Å². The highest BCUT2D eigenvalue weighted by atomic mass is 16.6. The zero-order chi connectivity index (χ0) is 7.84. The van der Waals surface area contributed by atoms with Crippen molar-refractivity contribution in [2.45, 2.75) is 6.29 Å². The minimum Gasteiger partial charge on any atom is -0.426 e. The fourth-order valence-electron chi connectivity index (χ4n) is 1.01. The minimum atomic E-state index is -1.18. The van der Waals surface area contributed by atoms with Crippen LogP contribution in [-0.4, -0.2) is 16.1 Å². The summed E-state index contributed by atoms with van der Waals surface area (Å²) in [5.41, 5.74) is 0.650. The van der Waals surface area contributed by atoms with E-state index >= 15 is 0 Å². The summed E-state index contributed by atoms with van der Waals surface area (Å²) in [6.07, 6.45) is 0.322. The first-order chi connectivity index (χ1) is 5.29. The van der Waals surface area contributed by atoms with Crippen molar-refractivity contribution in [2.24, 2.45) is 0 Å². The Labute approximate surface area is 62.4 Å². The molecule has 0 aromatic carbocycles. The van der Waals surface area contributed by atoms with E-state index in [2.05, 4.69) is 9.72 Å². The standard InChI is InChI=1S/C7H5NO3/c9-6-4-2-1-3-8-5(4)7(10)11-6/h1-3,7,10H/t7-/m0/s1. The van der Waals surface area contributed by atoms with Gasteiger partial charge in [-0.1, -0.05) is 0 Å². The molecule has 0 bridgehead atoms. The van der Waals surface area contributed by atoms with Crippen LogP contribution in [0.2, 0.25) is 0 Å². The maximum atomic E-state index is 10.9. The summed E-state index contributed by atoms with van der Waals surface area (Å²) >= 11 is 0. The monoisotopic (exact) mass is 151 g/mol. The van der Waals surface area contributed by atoms with Crippen molar-refractivity contribution in [3.63, 3.8) is 0 Å². The van der Waals surface area contributed by atoms with Crippen LogP contribution in [0.1, 0.15) is 22.3 Å². The Bertz CT molecular complexity index is 310. The number of hydrogen-bond donors (Lipinski definition) is 1. The number of ether oxygens (including phenoxy) is 1. The molecule has 4 heteroatoms. The smallest absolute Gasteiger partial charge is 0.342 e. The van der Waals surface area contributed by atoms with E-state index in [0.717, 1.165) is 0 Å². The number of carbonyl (C=O) groups excluding carboxylic acids is 1. The second kappa shape index (κ2) is 2.03. The molecule has 56 valence electrons. The van der Waals surface area contributed by atoms with E-state index in [-0.39, 0.29) is 0 Å². The van der Waals surface area contributed by atoms with Gasteiger partial charge in [0, 0.05) is 6.20 Å². The maximum absolute atomic E-state index is 10.9. The number of hydrogen-bond acceptors (Lipinski definition) is 4. The van der Waals surface area contributed by atoms with Gasteiger partial charge < -0.3 is 9.84 Å². The Morgan fingerprint density at radius 1 is 1.64 bits per heavy atom. The fourth-order valence-corrected chi connectivity index (χ4v) is 1.01. The molecule has 1 aromatic heterocycles. The van der Waals surface area contributed by atoms with E-state index in [0.29, 0.717) is 11.3 Å². The van der Waals surface area contributed by atoms with Crippen molar-refractivity contribution in [3.05, 3.63) is 29.6 Å². The molecule has 0 fully saturated rings. The second-order valence-electron chi connectivity index (χ2n) is 2.19. The molecular weight excluding hydrogens is 146 g/mol. The lowest BCUT2D eigenvalue weighted by Gasteiger charge is -1.97. The maximum Gasteiger partial charge on any atom is 0.342 e. The van der Waals surface area contributed by atoms with Crippen LogP contribution in [-0.2, 0) is 4.74 Å². The molecule has 1 aliphatic rings. The number of nitrogens with zero attached hydrogens (tertiary/aromatic N) is 1. The van der Waals surface area contributed by atoms with Gasteiger partial charge in [0.2, 0.25) is 6.29 Å². The predicted molar refractivity (Wildman–Crippen MR) is 34.6 cm³/mol. The fraction of sp³-hybridized carbons (Fsp3) is 0.143. The number of aliphatic hydroxyl groups excluding tert-OH is 1. The lowest BCUT2D eigenvalue weighted by atomic mass is 10.2. The van der Waals surface area contributed by atoms with Crippen LogP contribution >= 0.6 is 0 Å². The van der Waals surface area contributed by atoms with Gasteiger partial charge in [0.15, 0.2) is 0 Å². The van der Waals surface area contributed by atoms with Crippen LogP contribution in [0.25, 0.3) is 0 Å². The Balaban J connectivity index is 2.60. The van der Waals surface area contributed by atoms with E-state index in [4.69, 9.17) is 5.11 Å². The Hall–Kier alpha value is -1.42. The highest BCUT2D eigenvalue weighted by Gasteiger charge is 2.29. The highest BCUT2D eigenvalue weighted by molar-refractivity contribution is 5.92. The molecule has 2 heterocycles. The van der Waals surface area contributed by atoms with E-state index in [1.54, 1.807) is 12.1 Å². The summed E-state index contributed by atoms with van der Waals surface area (Å²) in [4.78, 5) is 14.6. The topological polar surface area (TPSA) is 59.4 Å². The van der Waals surface area contributed by atoms with Gasteiger partial charge in [0.1, 0.15) is 5.69 Å². The lowest BCUT2D eigenvalue weighted by Crippen LogP contribution is -1.96. The molecule has 0 unspecified atom stereocenters. The molecule has 0 radical (unpaired) electrons. The molecule has 0 saturated carbocycles. The Morgan fingerprint density at radius 3 is 3.18 bits per heavy atom. The van der Waals surface area contributed by atoms with Crippen LogP contribution < -0.4 is 0 Å². The lowest BCUT2D eigenvalue weighted by molar-refractivity contribution is -0.0568. The summed E-state index contributed by atoms with van der Waals surface area (Å²) in [5.74, 6) is -0.513. The molecule has 11 heavy (non-hydrogen) atoms. The van der Waals surface area contributed by atoms with E-state index in [1.165, 1.54) is 6.20 Å². The summed E-state index contributed by atoms with van der Waals surface area (Å²) in [6.45, 7) is 0. The average molecular weight is 151 g/mol. The molecule has 1 atom stereocenters. The zero-order valence-electron chi connectivity index (χ0n) is 5.52. The number of esters is 1. The van der Waals surface area contributed by atoms with Crippen LogP contribution in [0.15, 0.2) is 18.3 Å². The van der Waals surface area contributed by atoms with Gasteiger partial charge in [0.25, 0.3) is 0 Å². The van der Waals surface area contributed by atoms with E-state index in [1.807, 2.05) is 0 Å². The third-order valence-electron chi connectivity index (χ3n) is 1.51. The molecule has 1 N–H and O–H groups in total. The molecule has 0 amide bonds. The van der Waals surface area contributed by atoms with Crippen LogP contribution in [0.4, 0.5) is 0 Å². The highest BCUT2D eigenvalue weighted by Crippen LogP contribution is 2.25. The normalized spacial score (nSPS) is 21.2. The molecule has 0 spiro atoms. The molecule has 1 aromatic rings. The number of carbonyl (C=O) groups is 1. The first kappa shape index (κ1) is 6.30. The first-order valence-corrected chi connectivity index (χ1v) is 3.13. The Morgan fingerprint density at radius 2 is 2.45 bits per heavy atom. The number of cyclic esters (lactones) is 1. The van der Waals surface area contributed by atoms with Gasteiger partial charge >= 0.3 is 5.97 Å². The third kappa shape index (κ3) is 0.798. The van der Waals surface area contributed by atoms with Crippen molar-refractivity contribution in [2.75, 3.05) is 0 Å². The predicted octanol–water partition coefficient (Wildman–Crippen LogP) is 0.243. The van der Waals surface area contributed by atoms with Crippen LogP contribution in [0, 0.1) is 0 Å². The van der Waals surface area contributed by atoms with Gasteiger partial charge in [-0.25, -0.2) is 4.79 Å². The molecular formula is C7H5NO3. The summed E-state index contributed by atoms with van der Waals surface area (Å²) in [6, 6.07) is 3.19. The number of aliphatic hydroxyl groups is 1. The van der Waals surface area contributed by atoms with Gasteiger partial charge in [-0.2, -0.15) is 0 Å². The van der Waals surface area contributed by atoms with Crippen LogP contribution in [0.3, 0.4) is 0 Å². The summed E-state index contributed by atoms with van der Waals surface area (Å²) < 4.78 is 4.49. The van der Waals surface area contributed by atoms with Crippen molar-refractivity contribution < 1.29 is 14.6 Å². The molecule has 2 rings (SSSR count). The summed E-state index contributed by atoms with van der Waals surface area (Å²) in [7, 11) is 0. The summed E-state index contributed by atoms with van der Waals surface area (Å²) in [5, 5.41) is 9.05. The number of aromatic nitrogens is 1. The number of rotatable bonds is 0. The molecule has 4 nitrogen and oxygen atoms in total. The minimum absolute atomic E-state index is 0.303. The zero-order valence-corrected chi connectivity index (χ0v) is 5.52. The number of fused-ring (bicyclic) bond motifs is 1. The quantitative estimate of drug-likeness (QED) is 0.539. The van der Waals surface area contributed by atoms with Gasteiger partial charge in [-0.3, -0.25) is 4.98 Å². The van der Waals surface area contributed by atoms with Crippen LogP contribution in [0.5, 0.6) is 0 Å². The van der Waals surface area contributed by atoms with E-state index < -0.39 is 12.3 Å². The molecule has 0 saturated heterocycles. The largest absolute Gasteiger partial charge is 0.426 e. The Kier molecular flexibility index (Phi) is 1.16. The average Bonchev–Trinajstić information content (AvgIpc) is 2.30. The third-order valence-corrected chi connectivity index (χ3v) is 1.51. The van der Waals surface area contributed by atoms with Crippen molar-refractivity contribution in [1.29, 1.82) is 0 Å². The SMILES string of the molecule is O=C1O[C@H](O)c2ncccc21.